The predicted molar refractivity (Wildman–Crippen MR) is 113 cm³/mol. The van der Waals surface area contributed by atoms with E-state index in [-0.39, 0.29) is 28.8 Å². The summed E-state index contributed by atoms with van der Waals surface area (Å²) >= 11 is 1.54. The fraction of sp³-hybridized carbons (Fsp3) is 0.0476. The van der Waals surface area contributed by atoms with Crippen LogP contribution in [0.15, 0.2) is 60.0 Å². The van der Waals surface area contributed by atoms with E-state index in [1.165, 1.54) is 0 Å². The zero-order chi connectivity index (χ0) is 21.1. The van der Waals surface area contributed by atoms with Crippen LogP contribution in [-0.2, 0) is 6.54 Å². The van der Waals surface area contributed by atoms with Crippen LogP contribution in [0.2, 0.25) is 0 Å². The Morgan fingerprint density at radius 2 is 1.83 bits per heavy atom. The van der Waals surface area contributed by atoms with Crippen LogP contribution >= 0.6 is 11.3 Å². The lowest BCUT2D eigenvalue weighted by molar-refractivity contribution is 0.0940. The summed E-state index contributed by atoms with van der Waals surface area (Å²) in [6, 6.07) is 15.3. The molecule has 4 N–H and O–H groups in total. The van der Waals surface area contributed by atoms with Gasteiger partial charge in [-0.1, -0.05) is 24.3 Å². The lowest BCUT2D eigenvalue weighted by Crippen LogP contribution is -2.24. The lowest BCUT2D eigenvalue weighted by atomic mass is 9.97. The van der Waals surface area contributed by atoms with Crippen LogP contribution in [0.4, 0.5) is 10.7 Å². The number of aromatic amines is 1. The van der Waals surface area contributed by atoms with Crippen molar-refractivity contribution in [3.05, 3.63) is 81.5 Å². The van der Waals surface area contributed by atoms with Crippen LogP contribution in [0.25, 0.3) is 11.0 Å². The second-order valence-corrected chi connectivity index (χ2v) is 7.42. The Balaban J connectivity index is 1.60. The highest BCUT2D eigenvalue weighted by molar-refractivity contribution is 7.09. The summed E-state index contributed by atoms with van der Waals surface area (Å²) in [5.74, 6) is -0.584. The third kappa shape index (κ3) is 4.06. The Morgan fingerprint density at radius 3 is 2.57 bits per heavy atom. The van der Waals surface area contributed by atoms with Gasteiger partial charge in [0.15, 0.2) is 5.78 Å². The number of anilines is 1. The maximum atomic E-state index is 13.1. The SMILES string of the molecule is O=C(O)Nc1nc2ccc(C(=O)c3ccccc3C(=O)NCc3cccs3)cc2[nH]1. The van der Waals surface area contributed by atoms with E-state index in [0.717, 1.165) is 4.88 Å². The number of amides is 2. The Bertz CT molecular complexity index is 1250. The number of aromatic nitrogens is 2. The Morgan fingerprint density at radius 1 is 1.03 bits per heavy atom. The van der Waals surface area contributed by atoms with E-state index in [4.69, 9.17) is 5.11 Å². The van der Waals surface area contributed by atoms with Gasteiger partial charge in [0.1, 0.15) is 0 Å². The number of thiophene rings is 1. The van der Waals surface area contributed by atoms with Gasteiger partial charge in [-0.2, -0.15) is 0 Å². The quantitative estimate of drug-likeness (QED) is 0.353. The van der Waals surface area contributed by atoms with Gasteiger partial charge in [-0.05, 0) is 35.7 Å². The molecule has 0 unspecified atom stereocenters. The fourth-order valence-electron chi connectivity index (χ4n) is 3.02. The van der Waals surface area contributed by atoms with Gasteiger partial charge in [0.25, 0.3) is 5.91 Å². The molecule has 9 heteroatoms. The maximum absolute atomic E-state index is 13.1. The third-order valence-electron chi connectivity index (χ3n) is 4.39. The predicted octanol–water partition coefficient (Wildman–Crippen LogP) is 3.88. The standard InChI is InChI=1S/C21H16N4O4S/c26-18(12-7-8-16-17(10-12)24-20(23-16)25-21(28)29)14-5-1-2-6-15(14)19(27)22-11-13-4-3-9-30-13/h1-10H,11H2,(H,22,27)(H,28,29)(H2,23,24,25). The summed E-state index contributed by atoms with van der Waals surface area (Å²) in [4.78, 5) is 44.5. The number of H-pyrrole nitrogens is 1. The molecule has 0 fully saturated rings. The van der Waals surface area contributed by atoms with E-state index >= 15 is 0 Å². The van der Waals surface area contributed by atoms with Crippen LogP contribution in [0.1, 0.15) is 31.2 Å². The monoisotopic (exact) mass is 420 g/mol. The van der Waals surface area contributed by atoms with Crippen molar-refractivity contribution in [1.82, 2.24) is 15.3 Å². The van der Waals surface area contributed by atoms with Crippen LogP contribution in [0.3, 0.4) is 0 Å². The molecule has 0 aliphatic rings. The minimum atomic E-state index is -1.24. The molecule has 0 saturated carbocycles. The zero-order valence-corrected chi connectivity index (χ0v) is 16.3. The smallest absolute Gasteiger partial charge is 0.411 e. The molecular formula is C21H16N4O4S. The number of hydrogen-bond donors (Lipinski definition) is 4. The molecule has 0 radical (unpaired) electrons. The van der Waals surface area contributed by atoms with Crippen molar-refractivity contribution < 1.29 is 19.5 Å². The molecule has 0 bridgehead atoms. The molecule has 2 aromatic carbocycles. The number of imidazole rings is 1. The van der Waals surface area contributed by atoms with Crippen molar-refractivity contribution in [2.45, 2.75) is 6.54 Å². The molecule has 0 spiro atoms. The second kappa shape index (κ2) is 8.18. The van der Waals surface area contributed by atoms with Gasteiger partial charge in [-0.15, -0.1) is 11.3 Å². The molecule has 4 rings (SSSR count). The summed E-state index contributed by atoms with van der Waals surface area (Å²) in [5, 5.41) is 15.7. The summed E-state index contributed by atoms with van der Waals surface area (Å²) in [5.41, 5.74) is 1.94. The minimum absolute atomic E-state index is 0.0652. The van der Waals surface area contributed by atoms with E-state index < -0.39 is 6.09 Å². The number of nitrogens with one attached hydrogen (secondary N) is 3. The highest BCUT2D eigenvalue weighted by atomic mass is 32.1. The largest absolute Gasteiger partial charge is 0.465 e. The number of ketones is 1. The number of carboxylic acid groups (broad SMARTS) is 1. The number of benzene rings is 2. The molecule has 8 nitrogen and oxygen atoms in total. The Hall–Kier alpha value is -3.98. The lowest BCUT2D eigenvalue weighted by Gasteiger charge is -2.09. The number of fused-ring (bicyclic) bond motifs is 1. The molecule has 0 aliphatic heterocycles. The zero-order valence-electron chi connectivity index (χ0n) is 15.5. The van der Waals surface area contributed by atoms with E-state index in [0.29, 0.717) is 23.1 Å². The summed E-state index contributed by atoms with van der Waals surface area (Å²) < 4.78 is 0. The number of carbonyl (C=O) groups excluding carboxylic acids is 2. The summed E-state index contributed by atoms with van der Waals surface area (Å²) in [6.07, 6.45) is -1.24. The molecule has 4 aromatic rings. The van der Waals surface area contributed by atoms with Crippen LogP contribution in [0.5, 0.6) is 0 Å². The van der Waals surface area contributed by atoms with Gasteiger partial charge in [-0.3, -0.25) is 14.9 Å². The first kappa shape index (κ1) is 19.3. The molecule has 2 heterocycles. The number of nitrogens with zero attached hydrogens (tertiary/aromatic N) is 1. The molecule has 30 heavy (non-hydrogen) atoms. The van der Waals surface area contributed by atoms with Gasteiger partial charge in [0.2, 0.25) is 5.95 Å². The van der Waals surface area contributed by atoms with Crippen molar-refractivity contribution in [3.8, 4) is 0 Å². The van der Waals surface area contributed by atoms with Crippen molar-refractivity contribution in [2.75, 3.05) is 5.32 Å². The molecule has 0 atom stereocenters. The van der Waals surface area contributed by atoms with Crippen molar-refractivity contribution in [1.29, 1.82) is 0 Å². The third-order valence-corrected chi connectivity index (χ3v) is 5.27. The van der Waals surface area contributed by atoms with Gasteiger partial charge >= 0.3 is 6.09 Å². The molecule has 150 valence electrons. The van der Waals surface area contributed by atoms with Crippen molar-refractivity contribution in [2.24, 2.45) is 0 Å². The molecule has 0 saturated heterocycles. The molecule has 2 amide bonds. The van der Waals surface area contributed by atoms with Crippen molar-refractivity contribution in [3.63, 3.8) is 0 Å². The van der Waals surface area contributed by atoms with Crippen molar-refractivity contribution >= 4 is 46.1 Å². The maximum Gasteiger partial charge on any atom is 0.411 e. The average molecular weight is 420 g/mol. The molecule has 2 aromatic heterocycles. The van der Waals surface area contributed by atoms with E-state index in [1.54, 1.807) is 53.8 Å². The van der Waals surface area contributed by atoms with Crippen LogP contribution < -0.4 is 10.6 Å². The van der Waals surface area contributed by atoms with E-state index in [9.17, 15) is 14.4 Å². The first-order valence-electron chi connectivity index (χ1n) is 8.95. The van der Waals surface area contributed by atoms with Gasteiger partial charge < -0.3 is 15.4 Å². The fourth-order valence-corrected chi connectivity index (χ4v) is 3.67. The Labute approximate surface area is 174 Å². The van der Waals surface area contributed by atoms with Gasteiger partial charge in [0.05, 0.1) is 23.1 Å². The van der Waals surface area contributed by atoms with Gasteiger partial charge in [0, 0.05) is 16.0 Å². The average Bonchev–Trinajstić information content (AvgIpc) is 3.39. The second-order valence-electron chi connectivity index (χ2n) is 6.38. The normalized spacial score (nSPS) is 10.7. The first-order chi connectivity index (χ1) is 14.5. The molecular weight excluding hydrogens is 404 g/mol. The summed E-state index contributed by atoms with van der Waals surface area (Å²) in [7, 11) is 0. The Kier molecular flexibility index (Phi) is 5.27. The van der Waals surface area contributed by atoms with Gasteiger partial charge in [-0.25, -0.2) is 9.78 Å². The number of hydrogen-bond acceptors (Lipinski definition) is 5. The highest BCUT2D eigenvalue weighted by Crippen LogP contribution is 2.20. The van der Waals surface area contributed by atoms with Crippen LogP contribution in [-0.4, -0.2) is 32.9 Å². The van der Waals surface area contributed by atoms with E-state index in [1.807, 2.05) is 17.5 Å². The molecule has 0 aliphatic carbocycles. The van der Waals surface area contributed by atoms with Crippen LogP contribution in [0, 0.1) is 0 Å². The number of rotatable bonds is 6. The number of carbonyl (C=O) groups is 3. The van der Waals surface area contributed by atoms with E-state index in [2.05, 4.69) is 20.6 Å². The topological polar surface area (TPSA) is 124 Å². The summed E-state index contributed by atoms with van der Waals surface area (Å²) in [6.45, 7) is 0.387. The highest BCUT2D eigenvalue weighted by Gasteiger charge is 2.19. The first-order valence-corrected chi connectivity index (χ1v) is 9.83. The minimum Gasteiger partial charge on any atom is -0.465 e.